The third-order valence-corrected chi connectivity index (χ3v) is 5.43. The lowest BCUT2D eigenvalue weighted by atomic mass is 10.4. The van der Waals surface area contributed by atoms with Gasteiger partial charge in [0.05, 0.1) is 11.5 Å². The highest BCUT2D eigenvalue weighted by Gasteiger charge is 2.29. The Hall–Kier alpha value is -0.890. The highest BCUT2D eigenvalue weighted by Crippen LogP contribution is 2.27. The molecule has 8 heteroatoms. The van der Waals surface area contributed by atoms with Crippen molar-refractivity contribution < 1.29 is 8.42 Å². The van der Waals surface area contributed by atoms with Crippen LogP contribution in [0.1, 0.15) is 12.1 Å². The fourth-order valence-electron chi connectivity index (χ4n) is 1.44. The summed E-state index contributed by atoms with van der Waals surface area (Å²) in [6.07, 6.45) is 0.602. The molecular formula is C8H11N3O3S2. The molecule has 0 saturated carbocycles. The number of aromatic amines is 1. The van der Waals surface area contributed by atoms with Gasteiger partial charge >= 0.3 is 0 Å². The van der Waals surface area contributed by atoms with Crippen molar-refractivity contribution in [3.63, 3.8) is 0 Å². The van der Waals surface area contributed by atoms with Gasteiger partial charge in [-0.2, -0.15) is 0 Å². The number of aryl methyl sites for hydroxylation is 1. The molecular weight excluding hydrogens is 250 g/mol. The van der Waals surface area contributed by atoms with Gasteiger partial charge in [-0.1, -0.05) is 11.8 Å². The van der Waals surface area contributed by atoms with Crippen molar-refractivity contribution in [1.29, 1.82) is 0 Å². The maximum Gasteiger partial charge on any atom is 0.273 e. The Morgan fingerprint density at radius 1 is 1.44 bits per heavy atom. The Bertz CT molecular complexity index is 552. The fraction of sp³-hybridized carbons (Fsp3) is 0.625. The number of hydrogen-bond acceptors (Lipinski definition) is 6. The Morgan fingerprint density at radius 2 is 2.19 bits per heavy atom. The minimum atomic E-state index is -2.89. The first-order valence-electron chi connectivity index (χ1n) is 4.77. The van der Waals surface area contributed by atoms with Crippen LogP contribution in [0.4, 0.5) is 0 Å². The minimum absolute atomic E-state index is 0.0299. The van der Waals surface area contributed by atoms with Gasteiger partial charge in [-0.15, -0.1) is 10.2 Å². The van der Waals surface area contributed by atoms with E-state index < -0.39 is 9.84 Å². The molecule has 1 fully saturated rings. The SMILES string of the molecule is Cc1nnc(S[C@H]2CCS(=O)(=O)C2)[nH]c1=O. The van der Waals surface area contributed by atoms with Gasteiger partial charge in [0.15, 0.2) is 15.0 Å². The average molecular weight is 261 g/mol. The number of aromatic nitrogens is 3. The topological polar surface area (TPSA) is 92.8 Å². The number of hydrogen-bond donors (Lipinski definition) is 1. The van der Waals surface area contributed by atoms with Crippen molar-refractivity contribution >= 4 is 21.6 Å². The molecule has 0 aliphatic carbocycles. The zero-order valence-corrected chi connectivity index (χ0v) is 10.3. The summed E-state index contributed by atoms with van der Waals surface area (Å²) < 4.78 is 22.5. The van der Waals surface area contributed by atoms with Crippen LogP contribution >= 0.6 is 11.8 Å². The van der Waals surface area contributed by atoms with Crippen molar-refractivity contribution in [2.75, 3.05) is 11.5 Å². The third-order valence-electron chi connectivity index (χ3n) is 2.31. The van der Waals surface area contributed by atoms with Gasteiger partial charge in [0.25, 0.3) is 5.56 Å². The summed E-state index contributed by atoms with van der Waals surface area (Å²) in [6, 6.07) is 0. The highest BCUT2D eigenvalue weighted by atomic mass is 32.2. The standard InChI is InChI=1S/C8H11N3O3S2/c1-5-7(12)9-8(11-10-5)15-6-2-3-16(13,14)4-6/h6H,2-4H2,1H3,(H,9,11,12)/t6-/m0/s1. The zero-order valence-electron chi connectivity index (χ0n) is 8.63. The van der Waals surface area contributed by atoms with Gasteiger partial charge in [-0.25, -0.2) is 8.42 Å². The summed E-state index contributed by atoms with van der Waals surface area (Å²) >= 11 is 1.27. The molecule has 0 amide bonds. The van der Waals surface area contributed by atoms with Crippen LogP contribution in [0.2, 0.25) is 0 Å². The van der Waals surface area contributed by atoms with Gasteiger partial charge in [0.1, 0.15) is 5.69 Å². The molecule has 6 nitrogen and oxygen atoms in total. The molecule has 1 aliphatic rings. The van der Waals surface area contributed by atoms with E-state index in [1.807, 2.05) is 0 Å². The van der Waals surface area contributed by atoms with E-state index in [4.69, 9.17) is 0 Å². The van der Waals surface area contributed by atoms with Crippen molar-refractivity contribution in [2.24, 2.45) is 0 Å². The predicted octanol–water partition coefficient (Wildman–Crippen LogP) is -0.247. The third kappa shape index (κ3) is 2.62. The smallest absolute Gasteiger partial charge is 0.273 e. The van der Waals surface area contributed by atoms with Crippen molar-refractivity contribution in [2.45, 2.75) is 23.8 Å². The van der Waals surface area contributed by atoms with Crippen LogP contribution in [0.5, 0.6) is 0 Å². The van der Waals surface area contributed by atoms with E-state index >= 15 is 0 Å². The first-order chi connectivity index (χ1) is 7.46. The van der Waals surface area contributed by atoms with Gasteiger partial charge in [0.2, 0.25) is 0 Å². The largest absolute Gasteiger partial charge is 0.298 e. The number of sulfone groups is 1. The first-order valence-corrected chi connectivity index (χ1v) is 7.47. The molecule has 1 aliphatic heterocycles. The van der Waals surface area contributed by atoms with Crippen molar-refractivity contribution in [3.05, 3.63) is 16.0 Å². The molecule has 2 heterocycles. The van der Waals surface area contributed by atoms with Crippen molar-refractivity contribution in [1.82, 2.24) is 15.2 Å². The van der Waals surface area contributed by atoms with Gasteiger partial charge in [-0.05, 0) is 13.3 Å². The summed E-state index contributed by atoms with van der Waals surface area (Å²) in [5.74, 6) is 0.365. The molecule has 0 aromatic carbocycles. The molecule has 88 valence electrons. The van der Waals surface area contributed by atoms with Crippen LogP contribution in [0.3, 0.4) is 0 Å². The van der Waals surface area contributed by atoms with Crippen molar-refractivity contribution in [3.8, 4) is 0 Å². The number of nitrogens with zero attached hydrogens (tertiary/aromatic N) is 2. The molecule has 0 bridgehead atoms. The molecule has 0 unspecified atom stereocenters. The second kappa shape index (κ2) is 4.17. The second-order valence-corrected chi connectivity index (χ2v) is 7.21. The van der Waals surface area contributed by atoms with Crippen LogP contribution in [-0.4, -0.2) is 40.4 Å². The maximum absolute atomic E-state index is 11.3. The molecule has 16 heavy (non-hydrogen) atoms. The molecule has 1 aromatic rings. The number of H-pyrrole nitrogens is 1. The molecule has 2 rings (SSSR count). The Labute approximate surface area is 96.8 Å². The van der Waals surface area contributed by atoms with Gasteiger partial charge in [-0.3, -0.25) is 9.78 Å². The number of rotatable bonds is 2. The monoisotopic (exact) mass is 261 g/mol. The molecule has 1 aromatic heterocycles. The van der Waals surface area contributed by atoms with E-state index in [1.165, 1.54) is 11.8 Å². The molecule has 1 N–H and O–H groups in total. The average Bonchev–Trinajstić information content (AvgIpc) is 2.52. The second-order valence-electron chi connectivity index (χ2n) is 3.69. The summed E-state index contributed by atoms with van der Waals surface area (Å²) in [6.45, 7) is 1.57. The predicted molar refractivity (Wildman–Crippen MR) is 60.3 cm³/mol. The Balaban J connectivity index is 2.11. The van der Waals surface area contributed by atoms with Crippen LogP contribution in [0.25, 0.3) is 0 Å². The van der Waals surface area contributed by atoms with E-state index in [0.29, 0.717) is 17.3 Å². The van der Waals surface area contributed by atoms with E-state index in [1.54, 1.807) is 6.92 Å². The maximum atomic E-state index is 11.3. The van der Waals surface area contributed by atoms with Gasteiger partial charge in [0, 0.05) is 5.25 Å². The first kappa shape index (κ1) is 11.6. The fourth-order valence-corrected chi connectivity index (χ4v) is 4.82. The Morgan fingerprint density at radius 3 is 2.75 bits per heavy atom. The van der Waals surface area contributed by atoms with E-state index in [2.05, 4.69) is 15.2 Å². The lowest BCUT2D eigenvalue weighted by Gasteiger charge is -2.04. The zero-order chi connectivity index (χ0) is 11.8. The number of nitrogens with one attached hydrogen (secondary N) is 1. The van der Waals surface area contributed by atoms with Crippen LogP contribution in [0.15, 0.2) is 9.95 Å². The van der Waals surface area contributed by atoms with Gasteiger partial charge < -0.3 is 0 Å². The normalized spacial score (nSPS) is 23.4. The lowest BCUT2D eigenvalue weighted by molar-refractivity contribution is 0.602. The minimum Gasteiger partial charge on any atom is -0.298 e. The summed E-state index contributed by atoms with van der Waals surface area (Å²) in [4.78, 5) is 13.8. The van der Waals surface area contributed by atoms with E-state index in [0.717, 1.165) is 0 Å². The number of thioether (sulfide) groups is 1. The van der Waals surface area contributed by atoms with Crippen LogP contribution < -0.4 is 5.56 Å². The Kier molecular flexibility index (Phi) is 3.02. The van der Waals surface area contributed by atoms with Crippen LogP contribution in [-0.2, 0) is 9.84 Å². The molecule has 1 saturated heterocycles. The molecule has 1 atom stereocenters. The van der Waals surface area contributed by atoms with E-state index in [9.17, 15) is 13.2 Å². The van der Waals surface area contributed by atoms with Crippen LogP contribution in [0, 0.1) is 6.92 Å². The molecule has 0 radical (unpaired) electrons. The summed E-state index contributed by atoms with van der Waals surface area (Å²) in [7, 11) is -2.89. The quantitative estimate of drug-likeness (QED) is 0.789. The highest BCUT2D eigenvalue weighted by molar-refractivity contribution is 8.01. The summed E-state index contributed by atoms with van der Waals surface area (Å²) in [5, 5.41) is 7.86. The van der Waals surface area contributed by atoms with E-state index in [-0.39, 0.29) is 22.3 Å². The lowest BCUT2D eigenvalue weighted by Crippen LogP contribution is -2.16. The summed E-state index contributed by atoms with van der Waals surface area (Å²) in [5.41, 5.74) is 0.0294. The molecule has 0 spiro atoms.